The van der Waals surface area contributed by atoms with Crippen LogP contribution in [-0.4, -0.2) is 11.3 Å². The molecule has 0 saturated heterocycles. The summed E-state index contributed by atoms with van der Waals surface area (Å²) in [6, 6.07) is 7.05. The number of aliphatic hydroxyl groups excluding tert-OH is 1. The molecule has 16 heavy (non-hydrogen) atoms. The van der Waals surface area contributed by atoms with Gasteiger partial charge in [-0.15, -0.1) is 0 Å². The molecule has 1 aromatic carbocycles. The molecule has 0 aromatic heterocycles. The fourth-order valence-electron chi connectivity index (χ4n) is 1.49. The van der Waals surface area contributed by atoms with Gasteiger partial charge in [-0.2, -0.15) is 13.2 Å². The van der Waals surface area contributed by atoms with Gasteiger partial charge in [-0.05, 0) is 24.0 Å². The minimum absolute atomic E-state index is 0.281. The molecule has 0 heterocycles. The van der Waals surface area contributed by atoms with Gasteiger partial charge >= 0.3 is 6.18 Å². The minimum atomic E-state index is -4.21. The Labute approximate surface area is 92.9 Å². The maximum atomic E-state index is 12.0. The van der Waals surface area contributed by atoms with Crippen LogP contribution in [0.25, 0.3) is 0 Å². The zero-order valence-electron chi connectivity index (χ0n) is 9.09. The molecule has 1 aromatic rings. The van der Waals surface area contributed by atoms with Crippen molar-refractivity contribution in [3.05, 3.63) is 35.4 Å². The molecule has 0 spiro atoms. The van der Waals surface area contributed by atoms with Gasteiger partial charge in [0.05, 0.1) is 6.10 Å². The topological polar surface area (TPSA) is 20.2 Å². The third-order valence-electron chi connectivity index (χ3n) is 2.45. The molecule has 1 N–H and O–H groups in total. The maximum absolute atomic E-state index is 12.0. The first-order valence-corrected chi connectivity index (χ1v) is 5.26. The Balaban J connectivity index is 2.62. The first-order valence-electron chi connectivity index (χ1n) is 5.26. The van der Waals surface area contributed by atoms with Crippen molar-refractivity contribution in [3.63, 3.8) is 0 Å². The molecule has 1 rings (SSSR count). The number of rotatable bonds is 4. The van der Waals surface area contributed by atoms with E-state index in [0.29, 0.717) is 5.56 Å². The molecule has 0 aliphatic rings. The number of hydrogen-bond acceptors (Lipinski definition) is 1. The van der Waals surface area contributed by atoms with Gasteiger partial charge in [0.15, 0.2) is 0 Å². The average Bonchev–Trinajstić information content (AvgIpc) is 2.25. The molecule has 4 heteroatoms. The van der Waals surface area contributed by atoms with Crippen molar-refractivity contribution >= 4 is 0 Å². The number of halogens is 3. The Kier molecular flexibility index (Phi) is 4.35. The van der Waals surface area contributed by atoms with Gasteiger partial charge in [-0.1, -0.05) is 31.2 Å². The second-order valence-electron chi connectivity index (χ2n) is 3.77. The predicted molar refractivity (Wildman–Crippen MR) is 56.1 cm³/mol. The Morgan fingerprint density at radius 3 is 2.56 bits per heavy atom. The van der Waals surface area contributed by atoms with E-state index >= 15 is 0 Å². The van der Waals surface area contributed by atoms with Crippen LogP contribution in [0.1, 0.15) is 37.0 Å². The highest BCUT2D eigenvalue weighted by atomic mass is 19.4. The quantitative estimate of drug-likeness (QED) is 0.840. The summed E-state index contributed by atoms with van der Waals surface area (Å²) >= 11 is 0. The highest BCUT2D eigenvalue weighted by Gasteiger charge is 2.28. The van der Waals surface area contributed by atoms with Gasteiger partial charge in [0.25, 0.3) is 0 Å². The van der Waals surface area contributed by atoms with Crippen molar-refractivity contribution < 1.29 is 18.3 Å². The summed E-state index contributed by atoms with van der Waals surface area (Å²) in [7, 11) is 0. The van der Waals surface area contributed by atoms with Crippen molar-refractivity contribution in [3.8, 4) is 0 Å². The Morgan fingerprint density at radius 1 is 1.31 bits per heavy atom. The van der Waals surface area contributed by atoms with E-state index < -0.39 is 18.7 Å². The van der Waals surface area contributed by atoms with E-state index in [2.05, 4.69) is 0 Å². The van der Waals surface area contributed by atoms with Crippen LogP contribution < -0.4 is 0 Å². The van der Waals surface area contributed by atoms with Gasteiger partial charge < -0.3 is 5.11 Å². The molecule has 0 aliphatic heterocycles. The third kappa shape index (κ3) is 4.23. The molecule has 0 radical (unpaired) electrons. The third-order valence-corrected chi connectivity index (χ3v) is 2.45. The second kappa shape index (κ2) is 5.34. The Bertz CT molecular complexity index is 333. The van der Waals surface area contributed by atoms with E-state index in [-0.39, 0.29) is 6.42 Å². The van der Waals surface area contributed by atoms with Crippen LogP contribution in [0.5, 0.6) is 0 Å². The Hall–Kier alpha value is -1.03. The first kappa shape index (κ1) is 13.0. The lowest BCUT2D eigenvalue weighted by molar-refractivity contribution is -0.140. The lowest BCUT2D eigenvalue weighted by atomic mass is 10.0. The molecule has 0 bridgehead atoms. The summed E-state index contributed by atoms with van der Waals surface area (Å²) in [5.74, 6) is 0. The SMILES string of the molecule is CCc1cccc(C(O)CCC(F)(F)F)c1. The van der Waals surface area contributed by atoms with Crippen molar-refractivity contribution in [2.24, 2.45) is 0 Å². The van der Waals surface area contributed by atoms with Gasteiger partial charge in [0.1, 0.15) is 0 Å². The van der Waals surface area contributed by atoms with Gasteiger partial charge in [0.2, 0.25) is 0 Å². The summed E-state index contributed by atoms with van der Waals surface area (Å²) < 4.78 is 35.9. The number of hydrogen-bond donors (Lipinski definition) is 1. The fraction of sp³-hybridized carbons (Fsp3) is 0.500. The van der Waals surface area contributed by atoms with Gasteiger partial charge in [0, 0.05) is 6.42 Å². The second-order valence-corrected chi connectivity index (χ2v) is 3.77. The van der Waals surface area contributed by atoms with E-state index in [9.17, 15) is 18.3 Å². The highest BCUT2D eigenvalue weighted by molar-refractivity contribution is 5.25. The summed E-state index contributed by atoms with van der Waals surface area (Å²) in [6.07, 6.45) is -5.67. The molecule has 1 nitrogen and oxygen atoms in total. The van der Waals surface area contributed by atoms with Crippen LogP contribution in [-0.2, 0) is 6.42 Å². The first-order chi connectivity index (χ1) is 7.42. The molecular formula is C12H15F3O. The zero-order chi connectivity index (χ0) is 12.2. The molecule has 0 aliphatic carbocycles. The summed E-state index contributed by atoms with van der Waals surface area (Å²) in [6.45, 7) is 1.96. The number of aliphatic hydroxyl groups is 1. The number of alkyl halides is 3. The normalized spacial score (nSPS) is 13.8. The van der Waals surface area contributed by atoms with Crippen LogP contribution in [0.15, 0.2) is 24.3 Å². The lowest BCUT2D eigenvalue weighted by Crippen LogP contribution is -2.10. The molecular weight excluding hydrogens is 217 g/mol. The van der Waals surface area contributed by atoms with E-state index in [1.54, 1.807) is 18.2 Å². The minimum Gasteiger partial charge on any atom is -0.388 e. The van der Waals surface area contributed by atoms with E-state index in [1.165, 1.54) is 0 Å². The summed E-state index contributed by atoms with van der Waals surface area (Å²) in [4.78, 5) is 0. The van der Waals surface area contributed by atoms with Crippen molar-refractivity contribution in [1.29, 1.82) is 0 Å². The average molecular weight is 232 g/mol. The van der Waals surface area contributed by atoms with Gasteiger partial charge in [-0.25, -0.2) is 0 Å². The van der Waals surface area contributed by atoms with Crippen LogP contribution in [0.2, 0.25) is 0 Å². The largest absolute Gasteiger partial charge is 0.389 e. The van der Waals surface area contributed by atoms with E-state index in [0.717, 1.165) is 12.0 Å². The monoisotopic (exact) mass is 232 g/mol. The number of aryl methyl sites for hydroxylation is 1. The van der Waals surface area contributed by atoms with Gasteiger partial charge in [-0.3, -0.25) is 0 Å². The number of benzene rings is 1. The van der Waals surface area contributed by atoms with E-state index in [4.69, 9.17) is 0 Å². The summed E-state index contributed by atoms with van der Waals surface area (Å²) in [5, 5.41) is 9.60. The Morgan fingerprint density at radius 2 is 2.00 bits per heavy atom. The molecule has 0 fully saturated rings. The molecule has 1 atom stereocenters. The van der Waals surface area contributed by atoms with Crippen molar-refractivity contribution in [2.75, 3.05) is 0 Å². The fourth-order valence-corrected chi connectivity index (χ4v) is 1.49. The van der Waals surface area contributed by atoms with Crippen LogP contribution in [0.4, 0.5) is 13.2 Å². The standard InChI is InChI=1S/C12H15F3O/c1-2-9-4-3-5-10(8-9)11(16)6-7-12(13,14)15/h3-5,8,11,16H,2,6-7H2,1H3. The highest BCUT2D eigenvalue weighted by Crippen LogP contribution is 2.27. The van der Waals surface area contributed by atoms with Crippen LogP contribution >= 0.6 is 0 Å². The van der Waals surface area contributed by atoms with Crippen molar-refractivity contribution in [1.82, 2.24) is 0 Å². The zero-order valence-corrected chi connectivity index (χ0v) is 9.09. The van der Waals surface area contributed by atoms with Crippen molar-refractivity contribution in [2.45, 2.75) is 38.5 Å². The summed E-state index contributed by atoms with van der Waals surface area (Å²) in [5.41, 5.74) is 1.58. The van der Waals surface area contributed by atoms with Crippen LogP contribution in [0.3, 0.4) is 0 Å². The lowest BCUT2D eigenvalue weighted by Gasteiger charge is -2.13. The maximum Gasteiger partial charge on any atom is 0.389 e. The molecule has 1 unspecified atom stereocenters. The van der Waals surface area contributed by atoms with E-state index in [1.807, 2.05) is 13.0 Å². The predicted octanol–water partition coefficient (Wildman–Crippen LogP) is 3.62. The molecule has 90 valence electrons. The van der Waals surface area contributed by atoms with Crippen LogP contribution in [0, 0.1) is 0 Å². The smallest absolute Gasteiger partial charge is 0.388 e. The molecule has 0 amide bonds. The molecule has 0 saturated carbocycles.